The second-order valence-corrected chi connectivity index (χ2v) is 4.98. The molecule has 0 saturated carbocycles. The largest absolute Gasteiger partial charge is 0.397 e. The SMILES string of the molecule is Cc1cc(Br)cc(N)c1NC(=O)c1cn(C)cn1. The first-order chi connectivity index (χ1) is 8.47. The highest BCUT2D eigenvalue weighted by molar-refractivity contribution is 9.10. The Morgan fingerprint density at radius 2 is 2.22 bits per heavy atom. The lowest BCUT2D eigenvalue weighted by Gasteiger charge is -2.11. The summed E-state index contributed by atoms with van der Waals surface area (Å²) in [4.78, 5) is 16.0. The third kappa shape index (κ3) is 2.53. The van der Waals surface area contributed by atoms with Gasteiger partial charge in [0.2, 0.25) is 0 Å². The molecule has 1 heterocycles. The topological polar surface area (TPSA) is 72.9 Å². The van der Waals surface area contributed by atoms with Crippen molar-refractivity contribution in [1.29, 1.82) is 0 Å². The molecule has 2 rings (SSSR count). The number of halogens is 1. The Hall–Kier alpha value is -1.82. The molecule has 6 heteroatoms. The number of aromatic nitrogens is 2. The monoisotopic (exact) mass is 308 g/mol. The molecule has 3 N–H and O–H groups in total. The summed E-state index contributed by atoms with van der Waals surface area (Å²) in [5, 5.41) is 2.77. The number of nitrogen functional groups attached to an aromatic ring is 1. The first-order valence-corrected chi connectivity index (χ1v) is 6.11. The van der Waals surface area contributed by atoms with Crippen molar-refractivity contribution in [2.45, 2.75) is 6.92 Å². The summed E-state index contributed by atoms with van der Waals surface area (Å²) >= 11 is 3.35. The van der Waals surface area contributed by atoms with Crippen LogP contribution < -0.4 is 11.1 Å². The molecule has 1 aromatic heterocycles. The van der Waals surface area contributed by atoms with Crippen molar-refractivity contribution in [3.63, 3.8) is 0 Å². The number of nitrogens with two attached hydrogens (primary N) is 1. The number of amides is 1. The number of anilines is 2. The average Bonchev–Trinajstić information content (AvgIpc) is 2.70. The lowest BCUT2D eigenvalue weighted by molar-refractivity contribution is 0.102. The number of rotatable bonds is 2. The molecule has 2 aromatic rings. The van der Waals surface area contributed by atoms with E-state index in [1.54, 1.807) is 23.2 Å². The minimum atomic E-state index is -0.271. The van der Waals surface area contributed by atoms with Crippen molar-refractivity contribution in [3.05, 3.63) is 40.4 Å². The highest BCUT2D eigenvalue weighted by Gasteiger charge is 2.12. The molecule has 0 spiro atoms. The van der Waals surface area contributed by atoms with Gasteiger partial charge in [-0.25, -0.2) is 4.98 Å². The van der Waals surface area contributed by atoms with Crippen molar-refractivity contribution >= 4 is 33.2 Å². The Morgan fingerprint density at radius 3 is 2.78 bits per heavy atom. The fourth-order valence-electron chi connectivity index (χ4n) is 1.65. The zero-order chi connectivity index (χ0) is 13.3. The van der Waals surface area contributed by atoms with Gasteiger partial charge in [-0.2, -0.15) is 0 Å². The van der Waals surface area contributed by atoms with E-state index in [2.05, 4.69) is 26.2 Å². The van der Waals surface area contributed by atoms with E-state index >= 15 is 0 Å². The molecule has 0 unspecified atom stereocenters. The number of imidazole rings is 1. The Morgan fingerprint density at radius 1 is 1.50 bits per heavy atom. The van der Waals surface area contributed by atoms with Crippen LogP contribution in [0.4, 0.5) is 11.4 Å². The number of hydrogen-bond acceptors (Lipinski definition) is 3. The van der Waals surface area contributed by atoms with Crippen LogP contribution >= 0.6 is 15.9 Å². The Kier molecular flexibility index (Phi) is 3.38. The van der Waals surface area contributed by atoms with Crippen molar-refractivity contribution in [2.75, 3.05) is 11.1 Å². The fourth-order valence-corrected chi connectivity index (χ4v) is 2.24. The van der Waals surface area contributed by atoms with Gasteiger partial charge < -0.3 is 15.6 Å². The molecule has 0 aliphatic carbocycles. The third-order valence-electron chi connectivity index (χ3n) is 2.51. The fraction of sp³-hybridized carbons (Fsp3) is 0.167. The summed E-state index contributed by atoms with van der Waals surface area (Å²) in [5.41, 5.74) is 8.28. The van der Waals surface area contributed by atoms with Crippen LogP contribution in [0.1, 0.15) is 16.1 Å². The molecule has 5 nitrogen and oxygen atoms in total. The zero-order valence-electron chi connectivity index (χ0n) is 10.1. The van der Waals surface area contributed by atoms with Crippen molar-refractivity contribution in [1.82, 2.24) is 9.55 Å². The smallest absolute Gasteiger partial charge is 0.275 e. The summed E-state index contributed by atoms with van der Waals surface area (Å²) in [7, 11) is 1.81. The van der Waals surface area contributed by atoms with Gasteiger partial charge in [0, 0.05) is 17.7 Å². The number of hydrogen-bond donors (Lipinski definition) is 2. The summed E-state index contributed by atoms with van der Waals surface area (Å²) in [6, 6.07) is 3.64. The van der Waals surface area contributed by atoms with Crippen LogP contribution in [-0.4, -0.2) is 15.5 Å². The molecule has 0 fully saturated rings. The second-order valence-electron chi connectivity index (χ2n) is 4.07. The maximum Gasteiger partial charge on any atom is 0.275 e. The van der Waals surface area contributed by atoms with Gasteiger partial charge in [-0.15, -0.1) is 0 Å². The summed E-state index contributed by atoms with van der Waals surface area (Å²) in [6.45, 7) is 1.88. The van der Waals surface area contributed by atoms with Crippen LogP contribution in [0.25, 0.3) is 0 Å². The molecule has 1 aromatic carbocycles. The summed E-state index contributed by atoms with van der Waals surface area (Å²) in [6.07, 6.45) is 3.23. The van der Waals surface area contributed by atoms with Crippen LogP contribution in [0.2, 0.25) is 0 Å². The molecule has 1 amide bonds. The van der Waals surface area contributed by atoms with Crippen LogP contribution in [0.15, 0.2) is 29.1 Å². The molecule has 0 saturated heterocycles. The maximum atomic E-state index is 12.0. The molecule has 0 aliphatic heterocycles. The van der Waals surface area contributed by atoms with Gasteiger partial charge in [-0.05, 0) is 24.6 Å². The summed E-state index contributed by atoms with van der Waals surface area (Å²) in [5.74, 6) is -0.271. The van der Waals surface area contributed by atoms with E-state index in [4.69, 9.17) is 5.73 Å². The van der Waals surface area contributed by atoms with Crippen LogP contribution in [0.3, 0.4) is 0 Å². The van der Waals surface area contributed by atoms with E-state index in [1.165, 1.54) is 0 Å². The molecular weight excluding hydrogens is 296 g/mol. The number of nitrogens with one attached hydrogen (secondary N) is 1. The normalized spacial score (nSPS) is 10.4. The van der Waals surface area contributed by atoms with E-state index in [9.17, 15) is 4.79 Å². The predicted molar refractivity (Wildman–Crippen MR) is 74.5 cm³/mol. The minimum Gasteiger partial charge on any atom is -0.397 e. The van der Waals surface area contributed by atoms with Gasteiger partial charge >= 0.3 is 0 Å². The van der Waals surface area contributed by atoms with Crippen LogP contribution in [-0.2, 0) is 7.05 Å². The maximum absolute atomic E-state index is 12.0. The van der Waals surface area contributed by atoms with E-state index in [-0.39, 0.29) is 5.91 Å². The molecule has 18 heavy (non-hydrogen) atoms. The van der Waals surface area contributed by atoms with Gasteiger partial charge in [0.15, 0.2) is 0 Å². The minimum absolute atomic E-state index is 0.271. The number of carbonyl (C=O) groups excluding carboxylic acids is 1. The average molecular weight is 309 g/mol. The van der Waals surface area contributed by atoms with Crippen LogP contribution in [0, 0.1) is 6.92 Å². The van der Waals surface area contributed by atoms with Gasteiger partial charge in [0.05, 0.1) is 17.7 Å². The Bertz CT molecular complexity index is 583. The molecule has 0 bridgehead atoms. The number of carbonyl (C=O) groups is 1. The first-order valence-electron chi connectivity index (χ1n) is 5.32. The van der Waals surface area contributed by atoms with Gasteiger partial charge in [0.25, 0.3) is 5.91 Å². The molecule has 0 aliphatic rings. The standard InChI is InChI=1S/C12H13BrN4O/c1-7-3-8(13)4-9(14)11(7)16-12(18)10-5-17(2)6-15-10/h3-6H,14H2,1-2H3,(H,16,18). The third-order valence-corrected chi connectivity index (χ3v) is 2.96. The number of aryl methyl sites for hydroxylation is 2. The van der Waals surface area contributed by atoms with E-state index in [1.807, 2.05) is 20.0 Å². The van der Waals surface area contributed by atoms with Crippen LogP contribution in [0.5, 0.6) is 0 Å². The molecule has 0 radical (unpaired) electrons. The van der Waals surface area contributed by atoms with Crippen molar-refractivity contribution in [2.24, 2.45) is 7.05 Å². The Balaban J connectivity index is 2.27. The predicted octanol–water partition coefficient (Wildman–Crippen LogP) is 2.33. The van der Waals surface area contributed by atoms with E-state index < -0.39 is 0 Å². The lowest BCUT2D eigenvalue weighted by Crippen LogP contribution is -2.14. The van der Waals surface area contributed by atoms with Crippen molar-refractivity contribution < 1.29 is 4.79 Å². The Labute approximate surface area is 113 Å². The first kappa shape index (κ1) is 12.6. The number of benzene rings is 1. The quantitative estimate of drug-likeness (QED) is 0.836. The molecule has 94 valence electrons. The van der Waals surface area contributed by atoms with E-state index in [0.29, 0.717) is 17.1 Å². The van der Waals surface area contributed by atoms with Crippen molar-refractivity contribution in [3.8, 4) is 0 Å². The van der Waals surface area contributed by atoms with E-state index in [0.717, 1.165) is 10.0 Å². The highest BCUT2D eigenvalue weighted by Crippen LogP contribution is 2.28. The zero-order valence-corrected chi connectivity index (χ0v) is 11.7. The van der Waals surface area contributed by atoms with Gasteiger partial charge in [0.1, 0.15) is 5.69 Å². The molecular formula is C12H13BrN4O. The molecule has 0 atom stereocenters. The number of nitrogens with zero attached hydrogens (tertiary/aromatic N) is 2. The lowest BCUT2D eigenvalue weighted by atomic mass is 10.1. The van der Waals surface area contributed by atoms with Gasteiger partial charge in [-0.1, -0.05) is 15.9 Å². The summed E-state index contributed by atoms with van der Waals surface area (Å²) < 4.78 is 2.60. The highest BCUT2D eigenvalue weighted by atomic mass is 79.9. The van der Waals surface area contributed by atoms with Gasteiger partial charge in [-0.3, -0.25) is 4.79 Å². The second kappa shape index (κ2) is 4.81.